The van der Waals surface area contributed by atoms with Gasteiger partial charge < -0.3 is 4.90 Å². The number of hydrogen-bond donors (Lipinski definition) is 2. The molecule has 0 spiro atoms. The van der Waals surface area contributed by atoms with Crippen molar-refractivity contribution >= 4 is 23.2 Å². The maximum atomic E-state index is 6.29. The molecule has 1 heterocycles. The number of nitrogens with zero attached hydrogens (tertiary/aromatic N) is 2. The number of benzene rings is 1. The lowest BCUT2D eigenvalue weighted by molar-refractivity contribution is 0.0877. The van der Waals surface area contributed by atoms with Gasteiger partial charge in [-0.15, -0.1) is 0 Å². The van der Waals surface area contributed by atoms with Crippen LogP contribution < -0.4 is 11.3 Å². The van der Waals surface area contributed by atoms with Gasteiger partial charge in [-0.05, 0) is 37.9 Å². The molecule has 6 heteroatoms. The van der Waals surface area contributed by atoms with Crippen LogP contribution in [0.4, 0.5) is 0 Å². The van der Waals surface area contributed by atoms with Crippen molar-refractivity contribution in [3.63, 3.8) is 0 Å². The predicted octanol–water partition coefficient (Wildman–Crippen LogP) is 1.74. The lowest BCUT2D eigenvalue weighted by atomic mass is 9.97. The van der Waals surface area contributed by atoms with E-state index < -0.39 is 0 Å². The van der Waals surface area contributed by atoms with E-state index in [1.807, 2.05) is 12.1 Å². The summed E-state index contributed by atoms with van der Waals surface area (Å²) in [6.07, 6.45) is 0. The summed E-state index contributed by atoms with van der Waals surface area (Å²) < 4.78 is 0. The van der Waals surface area contributed by atoms with Crippen molar-refractivity contribution in [2.75, 3.05) is 33.7 Å². The summed E-state index contributed by atoms with van der Waals surface area (Å²) in [5.74, 6) is 5.77. The van der Waals surface area contributed by atoms with E-state index in [1.54, 1.807) is 6.07 Å². The molecular weight excluding hydrogens is 283 g/mol. The molecule has 4 nitrogen and oxygen atoms in total. The van der Waals surface area contributed by atoms with Gasteiger partial charge in [0.2, 0.25) is 0 Å². The minimum absolute atomic E-state index is 0.0426. The van der Waals surface area contributed by atoms with E-state index in [-0.39, 0.29) is 12.1 Å². The number of likely N-dealkylation sites (N-methyl/N-ethyl adjacent to an activating group) is 2. The number of hydrazine groups is 1. The highest BCUT2D eigenvalue weighted by Gasteiger charge is 2.31. The van der Waals surface area contributed by atoms with Crippen LogP contribution >= 0.6 is 23.2 Å². The second kappa shape index (κ2) is 6.39. The van der Waals surface area contributed by atoms with Gasteiger partial charge in [-0.1, -0.05) is 23.2 Å². The van der Waals surface area contributed by atoms with Gasteiger partial charge in [0.1, 0.15) is 0 Å². The highest BCUT2D eigenvalue weighted by Crippen LogP contribution is 2.30. The molecule has 0 saturated carbocycles. The summed E-state index contributed by atoms with van der Waals surface area (Å²) in [5, 5.41) is 1.36. The Morgan fingerprint density at radius 3 is 2.74 bits per heavy atom. The van der Waals surface area contributed by atoms with E-state index in [1.165, 1.54) is 0 Å². The smallest absolute Gasteiger partial charge is 0.0642 e. The van der Waals surface area contributed by atoms with Gasteiger partial charge in [0.15, 0.2) is 0 Å². The van der Waals surface area contributed by atoms with Crippen molar-refractivity contribution in [3.8, 4) is 0 Å². The molecule has 2 atom stereocenters. The SMILES string of the molecule is CN1CCN(C)C(C(NN)c2cc(Cl)ccc2Cl)C1. The highest BCUT2D eigenvalue weighted by molar-refractivity contribution is 6.33. The Labute approximate surface area is 124 Å². The van der Waals surface area contributed by atoms with E-state index in [2.05, 4.69) is 29.3 Å². The molecule has 1 aliphatic heterocycles. The van der Waals surface area contributed by atoms with Crippen LogP contribution in [0.3, 0.4) is 0 Å². The zero-order valence-corrected chi connectivity index (χ0v) is 12.7. The van der Waals surface area contributed by atoms with Gasteiger partial charge in [-0.25, -0.2) is 0 Å². The minimum Gasteiger partial charge on any atom is -0.303 e. The second-order valence-corrected chi connectivity index (χ2v) is 5.96. The van der Waals surface area contributed by atoms with Gasteiger partial charge in [0.25, 0.3) is 0 Å². The van der Waals surface area contributed by atoms with Crippen LogP contribution in [-0.4, -0.2) is 49.6 Å². The van der Waals surface area contributed by atoms with Crippen LogP contribution in [0.5, 0.6) is 0 Å². The average molecular weight is 303 g/mol. The fraction of sp³-hybridized carbons (Fsp3) is 0.538. The van der Waals surface area contributed by atoms with Gasteiger partial charge in [-0.2, -0.15) is 0 Å². The number of halogens is 2. The van der Waals surface area contributed by atoms with Crippen LogP contribution in [0.15, 0.2) is 18.2 Å². The van der Waals surface area contributed by atoms with Crippen molar-refractivity contribution in [2.45, 2.75) is 12.1 Å². The summed E-state index contributed by atoms with van der Waals surface area (Å²) in [5.41, 5.74) is 3.84. The normalized spacial score (nSPS) is 23.5. The average Bonchev–Trinajstić information content (AvgIpc) is 2.38. The van der Waals surface area contributed by atoms with Crippen LogP contribution in [0.2, 0.25) is 10.0 Å². The molecule has 1 saturated heterocycles. The summed E-state index contributed by atoms with van der Waals surface area (Å²) in [6.45, 7) is 3.01. The van der Waals surface area contributed by atoms with E-state index in [0.717, 1.165) is 25.2 Å². The molecule has 1 fully saturated rings. The van der Waals surface area contributed by atoms with Crippen molar-refractivity contribution in [1.29, 1.82) is 0 Å². The number of piperazine rings is 1. The molecule has 2 rings (SSSR count). The van der Waals surface area contributed by atoms with Crippen LogP contribution in [0.1, 0.15) is 11.6 Å². The van der Waals surface area contributed by atoms with E-state index in [9.17, 15) is 0 Å². The van der Waals surface area contributed by atoms with Crippen molar-refractivity contribution < 1.29 is 0 Å². The third-order valence-corrected chi connectivity index (χ3v) is 4.34. The number of rotatable bonds is 3. The molecule has 106 valence electrons. The first-order chi connectivity index (χ1) is 9.02. The Kier molecular flexibility index (Phi) is 5.06. The Hall–Kier alpha value is -0.360. The Bertz CT molecular complexity index is 441. The summed E-state index contributed by atoms with van der Waals surface area (Å²) in [4.78, 5) is 4.61. The van der Waals surface area contributed by atoms with E-state index in [4.69, 9.17) is 29.0 Å². The third-order valence-electron chi connectivity index (χ3n) is 3.76. The number of nitrogens with one attached hydrogen (secondary N) is 1. The first-order valence-electron chi connectivity index (χ1n) is 6.32. The highest BCUT2D eigenvalue weighted by atomic mass is 35.5. The molecule has 0 radical (unpaired) electrons. The predicted molar refractivity (Wildman–Crippen MR) is 80.4 cm³/mol. The summed E-state index contributed by atoms with van der Waals surface area (Å²) in [7, 11) is 4.23. The maximum Gasteiger partial charge on any atom is 0.0642 e. The second-order valence-electron chi connectivity index (χ2n) is 5.12. The topological polar surface area (TPSA) is 44.5 Å². The monoisotopic (exact) mass is 302 g/mol. The van der Waals surface area contributed by atoms with Crippen LogP contribution in [0, 0.1) is 0 Å². The first kappa shape index (κ1) is 15.0. The Morgan fingerprint density at radius 1 is 1.32 bits per heavy atom. The van der Waals surface area contributed by atoms with Gasteiger partial charge in [0.05, 0.1) is 6.04 Å². The summed E-state index contributed by atoms with van der Waals surface area (Å²) >= 11 is 12.4. The standard InChI is InChI=1S/C13H20Cl2N4/c1-18-5-6-19(2)12(8-18)13(17-16)10-7-9(14)3-4-11(10)15/h3-4,7,12-13,17H,5-6,8,16H2,1-2H3. The molecule has 1 aromatic rings. The molecule has 0 aliphatic carbocycles. The van der Waals surface area contributed by atoms with Gasteiger partial charge in [-0.3, -0.25) is 16.2 Å². The molecule has 1 aromatic carbocycles. The van der Waals surface area contributed by atoms with Crippen molar-refractivity contribution in [2.24, 2.45) is 5.84 Å². The Morgan fingerprint density at radius 2 is 2.05 bits per heavy atom. The number of hydrogen-bond acceptors (Lipinski definition) is 4. The van der Waals surface area contributed by atoms with Crippen molar-refractivity contribution in [3.05, 3.63) is 33.8 Å². The molecule has 0 bridgehead atoms. The first-order valence-corrected chi connectivity index (χ1v) is 7.08. The fourth-order valence-corrected chi connectivity index (χ4v) is 2.98. The molecule has 2 unspecified atom stereocenters. The molecule has 0 amide bonds. The molecule has 0 aromatic heterocycles. The van der Waals surface area contributed by atoms with Gasteiger partial charge in [0, 0.05) is 35.7 Å². The zero-order valence-electron chi connectivity index (χ0n) is 11.2. The third kappa shape index (κ3) is 3.40. The van der Waals surface area contributed by atoms with Crippen LogP contribution in [-0.2, 0) is 0 Å². The Balaban J connectivity index is 2.30. The molecular formula is C13H20Cl2N4. The largest absolute Gasteiger partial charge is 0.303 e. The maximum absolute atomic E-state index is 6.29. The van der Waals surface area contributed by atoms with Crippen LogP contribution in [0.25, 0.3) is 0 Å². The minimum atomic E-state index is -0.0426. The molecule has 19 heavy (non-hydrogen) atoms. The van der Waals surface area contributed by atoms with Crippen molar-refractivity contribution in [1.82, 2.24) is 15.2 Å². The molecule has 3 N–H and O–H groups in total. The van der Waals surface area contributed by atoms with E-state index in [0.29, 0.717) is 10.0 Å². The lowest BCUT2D eigenvalue weighted by Gasteiger charge is -2.42. The fourth-order valence-electron chi connectivity index (χ4n) is 2.57. The number of nitrogens with two attached hydrogens (primary N) is 1. The summed E-state index contributed by atoms with van der Waals surface area (Å²) in [6, 6.07) is 5.71. The lowest BCUT2D eigenvalue weighted by Crippen LogP contribution is -2.56. The molecule has 1 aliphatic rings. The van der Waals surface area contributed by atoms with E-state index >= 15 is 0 Å². The van der Waals surface area contributed by atoms with Gasteiger partial charge >= 0.3 is 0 Å². The quantitative estimate of drug-likeness (QED) is 0.659. The zero-order chi connectivity index (χ0) is 14.0.